The van der Waals surface area contributed by atoms with Crippen molar-refractivity contribution in [3.05, 3.63) is 76.3 Å². The van der Waals surface area contributed by atoms with Crippen molar-refractivity contribution in [3.8, 4) is 0 Å². The van der Waals surface area contributed by atoms with E-state index >= 15 is 0 Å². The van der Waals surface area contributed by atoms with Crippen LogP contribution in [-0.4, -0.2) is 41.8 Å². The highest BCUT2D eigenvalue weighted by atomic mass is 32.1. The molecule has 35 heavy (non-hydrogen) atoms. The smallest absolute Gasteiger partial charge is 0.357 e. The second-order valence-corrected chi connectivity index (χ2v) is 9.00. The quantitative estimate of drug-likeness (QED) is 0.415. The fourth-order valence-corrected chi connectivity index (χ4v) is 4.67. The van der Waals surface area contributed by atoms with E-state index in [1.54, 1.807) is 24.3 Å². The van der Waals surface area contributed by atoms with Gasteiger partial charge in [0.05, 0.1) is 18.4 Å². The minimum absolute atomic E-state index is 0.0266. The van der Waals surface area contributed by atoms with Gasteiger partial charge in [-0.2, -0.15) is 0 Å². The van der Waals surface area contributed by atoms with E-state index in [0.29, 0.717) is 29.0 Å². The molecule has 1 aliphatic heterocycles. The van der Waals surface area contributed by atoms with Crippen molar-refractivity contribution in [3.63, 3.8) is 0 Å². The lowest BCUT2D eigenvalue weighted by Gasteiger charge is -2.13. The molecule has 0 aliphatic carbocycles. The van der Waals surface area contributed by atoms with E-state index in [9.17, 15) is 19.2 Å². The maximum atomic E-state index is 12.6. The van der Waals surface area contributed by atoms with Crippen molar-refractivity contribution in [1.29, 1.82) is 0 Å². The molecule has 10 heteroatoms. The number of hydrogen-bond donors (Lipinski definition) is 3. The monoisotopic (exact) mass is 492 g/mol. The summed E-state index contributed by atoms with van der Waals surface area (Å²) in [5.41, 5.74) is 2.10. The predicted octanol–water partition coefficient (Wildman–Crippen LogP) is 3.18. The van der Waals surface area contributed by atoms with Crippen LogP contribution in [0.3, 0.4) is 0 Å². The Morgan fingerprint density at radius 3 is 2.57 bits per heavy atom. The van der Waals surface area contributed by atoms with Crippen LogP contribution in [0.15, 0.2) is 54.6 Å². The second-order valence-electron chi connectivity index (χ2n) is 7.92. The highest BCUT2D eigenvalue weighted by Crippen LogP contribution is 2.26. The highest BCUT2D eigenvalue weighted by molar-refractivity contribution is 7.16. The van der Waals surface area contributed by atoms with Gasteiger partial charge >= 0.3 is 5.97 Å². The van der Waals surface area contributed by atoms with Crippen LogP contribution in [0.5, 0.6) is 0 Å². The van der Waals surface area contributed by atoms with Crippen LogP contribution in [0.1, 0.15) is 44.1 Å². The summed E-state index contributed by atoms with van der Waals surface area (Å²) in [7, 11) is 1.28. The van der Waals surface area contributed by atoms with Crippen molar-refractivity contribution in [1.82, 2.24) is 10.3 Å². The van der Waals surface area contributed by atoms with Crippen molar-refractivity contribution in [2.45, 2.75) is 31.7 Å². The number of amides is 3. The second kappa shape index (κ2) is 10.9. The van der Waals surface area contributed by atoms with E-state index in [-0.39, 0.29) is 41.4 Å². The molecule has 2 heterocycles. The maximum absolute atomic E-state index is 12.6. The molecule has 2 aromatic carbocycles. The number of aryl methyl sites for hydroxylation is 2. The number of carbonyl (C=O) groups excluding carboxylic acids is 4. The summed E-state index contributed by atoms with van der Waals surface area (Å²) >= 11 is 1.22. The van der Waals surface area contributed by atoms with Crippen LogP contribution in [-0.2, 0) is 27.2 Å². The van der Waals surface area contributed by atoms with Crippen LogP contribution in [0.2, 0.25) is 0 Å². The van der Waals surface area contributed by atoms with Gasteiger partial charge < -0.3 is 20.7 Å². The standard InChI is InChI=1S/C25H24N4O5S/c1-34-24(33)21-19(13-11-15-7-3-2-4-8-15)35-25(29-21)28-20(30)14-12-18-23(32)26-17-10-6-5-9-16(17)22(31)27-18/h2-10,18H,11-14H2,1H3,(H,26,32)(H,27,31)(H,28,29,30)/t18-/m0/s1. The number of ether oxygens (including phenoxy) is 1. The Labute approximate surface area is 205 Å². The van der Waals surface area contributed by atoms with Crippen LogP contribution < -0.4 is 16.0 Å². The third-order valence-electron chi connectivity index (χ3n) is 5.52. The molecule has 1 aliphatic rings. The lowest BCUT2D eigenvalue weighted by atomic mass is 10.1. The van der Waals surface area contributed by atoms with E-state index < -0.39 is 12.0 Å². The van der Waals surface area contributed by atoms with Gasteiger partial charge in [-0.1, -0.05) is 42.5 Å². The molecule has 0 radical (unpaired) electrons. The Balaban J connectivity index is 1.38. The normalized spacial score (nSPS) is 14.8. The molecule has 180 valence electrons. The average molecular weight is 493 g/mol. The summed E-state index contributed by atoms with van der Waals surface area (Å²) in [6, 6.07) is 15.7. The molecule has 0 saturated heterocycles. The number of nitrogens with zero attached hydrogens (tertiary/aromatic N) is 1. The zero-order chi connectivity index (χ0) is 24.8. The number of aromatic nitrogens is 1. The molecule has 3 amide bonds. The number of carbonyl (C=O) groups is 4. The van der Waals surface area contributed by atoms with Gasteiger partial charge in [0.15, 0.2) is 10.8 Å². The predicted molar refractivity (Wildman–Crippen MR) is 131 cm³/mol. The molecule has 0 saturated carbocycles. The molecule has 3 aromatic rings. The number of para-hydroxylation sites is 1. The van der Waals surface area contributed by atoms with Gasteiger partial charge in [0, 0.05) is 11.3 Å². The Kier molecular flexibility index (Phi) is 7.51. The molecule has 3 N–H and O–H groups in total. The summed E-state index contributed by atoms with van der Waals surface area (Å²) in [5.74, 6) is -1.72. The van der Waals surface area contributed by atoms with E-state index in [1.807, 2.05) is 30.3 Å². The average Bonchev–Trinajstić information content (AvgIpc) is 3.22. The Morgan fingerprint density at radius 1 is 1.06 bits per heavy atom. The van der Waals surface area contributed by atoms with Gasteiger partial charge in [-0.05, 0) is 37.0 Å². The highest BCUT2D eigenvalue weighted by Gasteiger charge is 2.28. The van der Waals surface area contributed by atoms with Gasteiger partial charge in [0.2, 0.25) is 11.8 Å². The van der Waals surface area contributed by atoms with Crippen LogP contribution in [0.25, 0.3) is 0 Å². The molecule has 4 rings (SSSR count). The Bertz CT molecular complexity index is 1260. The summed E-state index contributed by atoms with van der Waals surface area (Å²) in [6.45, 7) is 0. The van der Waals surface area contributed by atoms with Gasteiger partial charge in [0.25, 0.3) is 5.91 Å². The fourth-order valence-electron chi connectivity index (χ4n) is 3.71. The number of hydrogen-bond acceptors (Lipinski definition) is 7. The minimum atomic E-state index is -0.857. The number of nitrogens with one attached hydrogen (secondary N) is 3. The maximum Gasteiger partial charge on any atom is 0.357 e. The first-order valence-electron chi connectivity index (χ1n) is 11.1. The Morgan fingerprint density at radius 2 is 1.80 bits per heavy atom. The summed E-state index contributed by atoms with van der Waals surface area (Å²) in [5, 5.41) is 8.36. The van der Waals surface area contributed by atoms with Gasteiger partial charge in [0.1, 0.15) is 6.04 Å². The summed E-state index contributed by atoms with van der Waals surface area (Å²) < 4.78 is 4.84. The molecule has 0 bridgehead atoms. The summed E-state index contributed by atoms with van der Waals surface area (Å²) in [6.07, 6.45) is 1.35. The zero-order valence-electron chi connectivity index (χ0n) is 19.0. The number of methoxy groups -OCH3 is 1. The van der Waals surface area contributed by atoms with Gasteiger partial charge in [-0.15, -0.1) is 11.3 Å². The first-order chi connectivity index (χ1) is 16.9. The van der Waals surface area contributed by atoms with Crippen molar-refractivity contribution >= 4 is 45.8 Å². The number of fused-ring (bicyclic) bond motifs is 1. The first-order valence-corrected chi connectivity index (χ1v) is 11.9. The number of thiazole rings is 1. The topological polar surface area (TPSA) is 126 Å². The fraction of sp³-hybridized carbons (Fsp3) is 0.240. The van der Waals surface area contributed by atoms with E-state index in [0.717, 1.165) is 5.56 Å². The van der Waals surface area contributed by atoms with Gasteiger partial charge in [-0.25, -0.2) is 9.78 Å². The molecule has 1 aromatic heterocycles. The first kappa shape index (κ1) is 24.1. The number of rotatable bonds is 8. The SMILES string of the molecule is COC(=O)c1nc(NC(=O)CC[C@@H]2NC(=O)c3ccccc3NC2=O)sc1CCc1ccccc1. The lowest BCUT2D eigenvalue weighted by Crippen LogP contribution is -2.41. The number of benzene rings is 2. The summed E-state index contributed by atoms with van der Waals surface area (Å²) in [4.78, 5) is 54.7. The Hall–Kier alpha value is -4.05. The van der Waals surface area contributed by atoms with Crippen LogP contribution in [0, 0.1) is 0 Å². The zero-order valence-corrected chi connectivity index (χ0v) is 19.8. The van der Waals surface area contributed by atoms with Crippen molar-refractivity contribution < 1.29 is 23.9 Å². The number of anilines is 2. The molecule has 1 atom stereocenters. The lowest BCUT2D eigenvalue weighted by molar-refractivity contribution is -0.118. The molecule has 0 fully saturated rings. The number of esters is 1. The minimum Gasteiger partial charge on any atom is -0.464 e. The van der Waals surface area contributed by atoms with Crippen LogP contribution >= 0.6 is 11.3 Å². The third-order valence-corrected chi connectivity index (χ3v) is 6.55. The molecule has 9 nitrogen and oxygen atoms in total. The van der Waals surface area contributed by atoms with E-state index in [2.05, 4.69) is 20.9 Å². The van der Waals surface area contributed by atoms with E-state index in [4.69, 9.17) is 4.74 Å². The van der Waals surface area contributed by atoms with Crippen molar-refractivity contribution in [2.75, 3.05) is 17.7 Å². The van der Waals surface area contributed by atoms with Crippen molar-refractivity contribution in [2.24, 2.45) is 0 Å². The molecular weight excluding hydrogens is 468 g/mol. The van der Waals surface area contributed by atoms with Gasteiger partial charge in [-0.3, -0.25) is 14.4 Å². The van der Waals surface area contributed by atoms with E-state index in [1.165, 1.54) is 18.4 Å². The molecular formula is C25H24N4O5S. The van der Waals surface area contributed by atoms with Crippen LogP contribution in [0.4, 0.5) is 10.8 Å². The molecule has 0 unspecified atom stereocenters. The third kappa shape index (κ3) is 5.90. The largest absolute Gasteiger partial charge is 0.464 e. The molecule has 0 spiro atoms.